The fourth-order valence-electron chi connectivity index (χ4n) is 2.09. The molecule has 0 amide bonds. The minimum Gasteiger partial charge on any atom is -0.383 e. The molecule has 0 bridgehead atoms. The number of likely N-dealkylation sites (tertiary alicyclic amines) is 1. The summed E-state index contributed by atoms with van der Waals surface area (Å²) in [5.41, 5.74) is 6.84. The molecule has 1 saturated heterocycles. The molecule has 2 rings (SSSR count). The lowest BCUT2D eigenvalue weighted by Crippen LogP contribution is -2.42. The van der Waals surface area contributed by atoms with E-state index in [0.717, 1.165) is 17.1 Å². The van der Waals surface area contributed by atoms with Crippen LogP contribution in [0.5, 0.6) is 0 Å². The molecule has 2 unspecified atom stereocenters. The number of hydrogen-bond donors (Lipinski definition) is 2. The summed E-state index contributed by atoms with van der Waals surface area (Å²) in [5.74, 6) is 0.661. The molecule has 0 aliphatic carbocycles. The lowest BCUT2D eigenvalue weighted by molar-refractivity contribution is 0.190. The fraction of sp³-hybridized carbons (Fsp3) is 0.727. The standard InChI is InChI=1S/C11H20N4S/c1-7-6-9(4-5-15(7)3)13-11-8(2)10(12)14-16-11/h7,9,13H,4-6H2,1-3H3,(H2,12,14). The van der Waals surface area contributed by atoms with Gasteiger partial charge in [-0.1, -0.05) is 0 Å². The Morgan fingerprint density at radius 1 is 1.56 bits per heavy atom. The molecule has 1 fully saturated rings. The Morgan fingerprint density at radius 3 is 2.88 bits per heavy atom. The Morgan fingerprint density at radius 2 is 2.31 bits per heavy atom. The van der Waals surface area contributed by atoms with Crippen LogP contribution in [0.15, 0.2) is 0 Å². The second-order valence-corrected chi connectivity index (χ2v) is 5.49. The van der Waals surface area contributed by atoms with Crippen molar-refractivity contribution in [3.63, 3.8) is 0 Å². The first-order chi connectivity index (χ1) is 7.58. The van der Waals surface area contributed by atoms with Gasteiger partial charge in [0.05, 0.1) is 0 Å². The first-order valence-corrected chi connectivity index (χ1v) is 6.53. The topological polar surface area (TPSA) is 54.2 Å². The highest BCUT2D eigenvalue weighted by atomic mass is 32.1. The normalized spacial score (nSPS) is 26.9. The molecule has 1 aromatic heterocycles. The molecule has 5 heteroatoms. The summed E-state index contributed by atoms with van der Waals surface area (Å²) in [7, 11) is 2.19. The third-order valence-corrected chi connectivity index (χ3v) is 4.40. The van der Waals surface area contributed by atoms with E-state index in [9.17, 15) is 0 Å². The van der Waals surface area contributed by atoms with Crippen LogP contribution in [-0.4, -0.2) is 34.9 Å². The van der Waals surface area contributed by atoms with E-state index in [1.165, 1.54) is 24.4 Å². The number of piperidine rings is 1. The van der Waals surface area contributed by atoms with E-state index in [4.69, 9.17) is 5.73 Å². The summed E-state index contributed by atoms with van der Waals surface area (Å²) in [6.07, 6.45) is 2.38. The molecule has 1 aliphatic rings. The zero-order valence-electron chi connectivity index (χ0n) is 10.2. The quantitative estimate of drug-likeness (QED) is 0.829. The zero-order valence-corrected chi connectivity index (χ0v) is 11.0. The molecule has 0 aromatic carbocycles. The summed E-state index contributed by atoms with van der Waals surface area (Å²) in [4.78, 5) is 2.41. The highest BCUT2D eigenvalue weighted by Gasteiger charge is 2.23. The molecule has 0 radical (unpaired) electrons. The van der Waals surface area contributed by atoms with Gasteiger partial charge in [0.1, 0.15) is 10.8 Å². The van der Waals surface area contributed by atoms with Crippen molar-refractivity contribution in [3.05, 3.63) is 5.56 Å². The number of rotatable bonds is 2. The van der Waals surface area contributed by atoms with Crippen molar-refractivity contribution in [2.45, 2.75) is 38.8 Å². The monoisotopic (exact) mass is 240 g/mol. The predicted molar refractivity (Wildman–Crippen MR) is 70.0 cm³/mol. The largest absolute Gasteiger partial charge is 0.383 e. The average molecular weight is 240 g/mol. The number of nitrogens with two attached hydrogens (primary N) is 1. The number of aromatic nitrogens is 1. The van der Waals surface area contributed by atoms with Crippen LogP contribution in [-0.2, 0) is 0 Å². The molecule has 1 aliphatic heterocycles. The molecule has 2 heterocycles. The SMILES string of the molecule is Cc1c(N)nsc1NC1CCN(C)C(C)C1. The number of nitrogens with one attached hydrogen (secondary N) is 1. The summed E-state index contributed by atoms with van der Waals surface area (Å²) in [6.45, 7) is 5.47. The average Bonchev–Trinajstić information content (AvgIpc) is 2.55. The first-order valence-electron chi connectivity index (χ1n) is 5.76. The van der Waals surface area contributed by atoms with Gasteiger partial charge < -0.3 is 16.0 Å². The second-order valence-electron chi connectivity index (χ2n) is 4.72. The van der Waals surface area contributed by atoms with Crippen LogP contribution in [0.4, 0.5) is 10.8 Å². The molecule has 0 spiro atoms. The molecular formula is C11H20N4S. The van der Waals surface area contributed by atoms with Gasteiger partial charge in [0.25, 0.3) is 0 Å². The fourth-order valence-corrected chi connectivity index (χ4v) is 2.88. The highest BCUT2D eigenvalue weighted by molar-refractivity contribution is 7.10. The van der Waals surface area contributed by atoms with Gasteiger partial charge in [-0.15, -0.1) is 0 Å². The minimum atomic E-state index is 0.560. The summed E-state index contributed by atoms with van der Waals surface area (Å²) < 4.78 is 4.16. The van der Waals surface area contributed by atoms with Gasteiger partial charge in [0.15, 0.2) is 0 Å². The summed E-state index contributed by atoms with van der Waals surface area (Å²) in [6, 6.07) is 1.21. The Kier molecular flexibility index (Phi) is 3.35. The molecule has 0 saturated carbocycles. The highest BCUT2D eigenvalue weighted by Crippen LogP contribution is 2.28. The van der Waals surface area contributed by atoms with E-state index in [1.807, 2.05) is 6.92 Å². The molecule has 4 nitrogen and oxygen atoms in total. The van der Waals surface area contributed by atoms with Crippen LogP contribution in [0.1, 0.15) is 25.3 Å². The van der Waals surface area contributed by atoms with Crippen LogP contribution in [0, 0.1) is 6.92 Å². The lowest BCUT2D eigenvalue weighted by Gasteiger charge is -2.35. The van der Waals surface area contributed by atoms with Crippen molar-refractivity contribution in [3.8, 4) is 0 Å². The van der Waals surface area contributed by atoms with Crippen molar-refractivity contribution in [1.82, 2.24) is 9.27 Å². The maximum Gasteiger partial charge on any atom is 0.142 e. The number of nitrogen functional groups attached to an aromatic ring is 1. The predicted octanol–water partition coefficient (Wildman–Crippen LogP) is 1.93. The Labute approximate surface area is 101 Å². The smallest absolute Gasteiger partial charge is 0.142 e. The van der Waals surface area contributed by atoms with E-state index >= 15 is 0 Å². The number of anilines is 2. The molecular weight excluding hydrogens is 220 g/mol. The van der Waals surface area contributed by atoms with Crippen molar-refractivity contribution >= 4 is 22.4 Å². The van der Waals surface area contributed by atoms with Crippen molar-refractivity contribution in [2.75, 3.05) is 24.6 Å². The number of nitrogens with zero attached hydrogens (tertiary/aromatic N) is 2. The molecule has 3 N–H and O–H groups in total. The molecule has 1 aromatic rings. The van der Waals surface area contributed by atoms with Crippen molar-refractivity contribution < 1.29 is 0 Å². The van der Waals surface area contributed by atoms with Gasteiger partial charge in [-0.2, -0.15) is 4.37 Å². The third kappa shape index (κ3) is 2.30. The summed E-state index contributed by atoms with van der Waals surface area (Å²) >= 11 is 1.47. The van der Waals surface area contributed by atoms with Crippen molar-refractivity contribution in [2.24, 2.45) is 0 Å². The first kappa shape index (κ1) is 11.7. The minimum absolute atomic E-state index is 0.560. The van der Waals surface area contributed by atoms with Crippen LogP contribution in [0.3, 0.4) is 0 Å². The maximum absolute atomic E-state index is 5.75. The second kappa shape index (κ2) is 4.59. The van der Waals surface area contributed by atoms with E-state index in [-0.39, 0.29) is 0 Å². The van der Waals surface area contributed by atoms with Crippen molar-refractivity contribution in [1.29, 1.82) is 0 Å². The van der Waals surface area contributed by atoms with E-state index < -0.39 is 0 Å². The van der Waals surface area contributed by atoms with Gasteiger partial charge in [0.2, 0.25) is 0 Å². The lowest BCUT2D eigenvalue weighted by atomic mass is 9.99. The maximum atomic E-state index is 5.75. The van der Waals surface area contributed by atoms with E-state index in [2.05, 4.69) is 28.6 Å². The van der Waals surface area contributed by atoms with Crippen LogP contribution >= 0.6 is 11.5 Å². The van der Waals surface area contributed by atoms with Gasteiger partial charge >= 0.3 is 0 Å². The van der Waals surface area contributed by atoms with E-state index in [0.29, 0.717) is 17.9 Å². The summed E-state index contributed by atoms with van der Waals surface area (Å²) in [5, 5.41) is 4.71. The van der Waals surface area contributed by atoms with Crippen LogP contribution in [0.2, 0.25) is 0 Å². The zero-order chi connectivity index (χ0) is 11.7. The van der Waals surface area contributed by atoms with Crippen LogP contribution < -0.4 is 11.1 Å². The Balaban J connectivity index is 1.98. The van der Waals surface area contributed by atoms with E-state index in [1.54, 1.807) is 0 Å². The van der Waals surface area contributed by atoms with Crippen LogP contribution in [0.25, 0.3) is 0 Å². The van der Waals surface area contributed by atoms with Gasteiger partial charge in [-0.3, -0.25) is 0 Å². The Bertz CT molecular complexity index is 363. The molecule has 16 heavy (non-hydrogen) atoms. The van der Waals surface area contributed by atoms with Gasteiger partial charge in [-0.25, -0.2) is 0 Å². The van der Waals surface area contributed by atoms with Gasteiger partial charge in [-0.05, 0) is 45.3 Å². The van der Waals surface area contributed by atoms with Gasteiger partial charge in [0, 0.05) is 24.2 Å². The molecule has 2 atom stereocenters. The third-order valence-electron chi connectivity index (χ3n) is 3.50. The molecule has 90 valence electrons. The Hall–Kier alpha value is -0.810. The number of hydrogen-bond acceptors (Lipinski definition) is 5.